The van der Waals surface area contributed by atoms with Crippen molar-refractivity contribution in [3.05, 3.63) is 11.2 Å². The fourth-order valence-electron chi connectivity index (χ4n) is 2.92. The van der Waals surface area contributed by atoms with Crippen LogP contribution >= 0.6 is 22.9 Å². The van der Waals surface area contributed by atoms with Crippen molar-refractivity contribution in [1.82, 2.24) is 9.97 Å². The van der Waals surface area contributed by atoms with Crippen LogP contribution in [0.5, 0.6) is 0 Å². The highest BCUT2D eigenvalue weighted by molar-refractivity contribution is 7.22. The molecule has 0 bridgehead atoms. The van der Waals surface area contributed by atoms with Crippen molar-refractivity contribution >= 4 is 50.0 Å². The number of carbonyl (C=O) groups is 1. The van der Waals surface area contributed by atoms with Gasteiger partial charge >= 0.3 is 0 Å². The molecule has 0 spiro atoms. The first-order valence-electron chi connectivity index (χ1n) is 8.06. The predicted molar refractivity (Wildman–Crippen MR) is 94.3 cm³/mol. The van der Waals surface area contributed by atoms with Gasteiger partial charge in [0.25, 0.3) is 0 Å². The van der Waals surface area contributed by atoms with Gasteiger partial charge in [-0.05, 0) is 25.7 Å². The minimum Gasteiger partial charge on any atom is -0.347 e. The Morgan fingerprint density at radius 2 is 2.29 bits per heavy atom. The summed E-state index contributed by atoms with van der Waals surface area (Å²) in [5.41, 5.74) is 0.664. The second kappa shape index (κ2) is 6.19. The SMILES string of the molecule is N#CC1CCCN(c2nc3c(Cl)cnc(NC(=O)C4CC4)c3s2)C1. The molecular formula is C16H16ClN5OS. The molecule has 4 rings (SSSR count). The van der Waals surface area contributed by atoms with E-state index in [0.717, 1.165) is 42.1 Å². The van der Waals surface area contributed by atoms with Crippen molar-refractivity contribution in [2.45, 2.75) is 25.7 Å². The molecule has 1 saturated heterocycles. The largest absolute Gasteiger partial charge is 0.347 e. The minimum absolute atomic E-state index is 0.0172. The number of thiazole rings is 1. The summed E-state index contributed by atoms with van der Waals surface area (Å²) in [5.74, 6) is 0.698. The number of nitrogens with zero attached hydrogens (tertiary/aromatic N) is 4. The first-order chi connectivity index (χ1) is 11.7. The molecule has 1 unspecified atom stereocenters. The molecule has 1 saturated carbocycles. The van der Waals surface area contributed by atoms with Gasteiger partial charge in [-0.3, -0.25) is 4.79 Å². The van der Waals surface area contributed by atoms with Gasteiger partial charge < -0.3 is 10.2 Å². The summed E-state index contributed by atoms with van der Waals surface area (Å²) in [6, 6.07) is 2.35. The van der Waals surface area contributed by atoms with Crippen LogP contribution in [0, 0.1) is 23.2 Å². The van der Waals surface area contributed by atoms with Gasteiger partial charge in [0.1, 0.15) is 10.2 Å². The number of nitrogens with one attached hydrogen (secondary N) is 1. The summed E-state index contributed by atoms with van der Waals surface area (Å²) in [6.07, 6.45) is 5.33. The number of rotatable bonds is 3. The van der Waals surface area contributed by atoms with Gasteiger partial charge in [0.2, 0.25) is 5.91 Å². The third-order valence-electron chi connectivity index (χ3n) is 4.43. The number of pyridine rings is 1. The van der Waals surface area contributed by atoms with Gasteiger partial charge in [0.05, 0.1) is 23.2 Å². The van der Waals surface area contributed by atoms with Crippen molar-refractivity contribution in [2.75, 3.05) is 23.3 Å². The van der Waals surface area contributed by atoms with Crippen LogP contribution < -0.4 is 10.2 Å². The van der Waals surface area contributed by atoms with E-state index in [-0.39, 0.29) is 17.7 Å². The highest BCUT2D eigenvalue weighted by atomic mass is 35.5. The number of nitriles is 1. The van der Waals surface area contributed by atoms with Crippen molar-refractivity contribution < 1.29 is 4.79 Å². The minimum atomic E-state index is 0.0172. The molecule has 2 aromatic heterocycles. The molecule has 2 aromatic rings. The van der Waals surface area contributed by atoms with Gasteiger partial charge in [-0.25, -0.2) is 9.97 Å². The van der Waals surface area contributed by atoms with E-state index in [1.807, 2.05) is 0 Å². The van der Waals surface area contributed by atoms with E-state index < -0.39 is 0 Å². The number of piperidine rings is 1. The van der Waals surface area contributed by atoms with E-state index >= 15 is 0 Å². The Hall–Kier alpha value is -1.91. The Labute approximate surface area is 148 Å². The van der Waals surface area contributed by atoms with Crippen LogP contribution in [0.1, 0.15) is 25.7 Å². The standard InChI is InChI=1S/C16H16ClN5OS/c17-11-7-19-14(21-15(23)10-3-4-10)13-12(11)20-16(24-13)22-5-1-2-9(6-18)8-22/h7,9-10H,1-5,8H2,(H,19,21,23). The van der Waals surface area contributed by atoms with E-state index in [1.54, 1.807) is 0 Å². The smallest absolute Gasteiger partial charge is 0.228 e. The average Bonchev–Trinajstić information content (AvgIpc) is 3.35. The molecule has 1 N–H and O–H groups in total. The first-order valence-corrected chi connectivity index (χ1v) is 9.25. The molecule has 24 heavy (non-hydrogen) atoms. The lowest BCUT2D eigenvalue weighted by atomic mass is 10.0. The van der Waals surface area contributed by atoms with E-state index in [9.17, 15) is 4.79 Å². The Morgan fingerprint density at radius 3 is 3.04 bits per heavy atom. The number of halogens is 1. The maximum Gasteiger partial charge on any atom is 0.228 e. The first kappa shape index (κ1) is 15.6. The summed E-state index contributed by atoms with van der Waals surface area (Å²) in [7, 11) is 0. The Balaban J connectivity index is 1.67. The second-order valence-electron chi connectivity index (χ2n) is 6.31. The molecule has 1 atom stereocenters. The summed E-state index contributed by atoms with van der Waals surface area (Å²) in [6.45, 7) is 1.57. The molecule has 124 valence electrons. The quantitative estimate of drug-likeness (QED) is 0.905. The van der Waals surface area contributed by atoms with Gasteiger partial charge in [-0.2, -0.15) is 5.26 Å². The van der Waals surface area contributed by atoms with Gasteiger partial charge in [0.15, 0.2) is 10.9 Å². The second-order valence-corrected chi connectivity index (χ2v) is 7.69. The van der Waals surface area contributed by atoms with Crippen LogP contribution in [0.4, 0.5) is 10.9 Å². The summed E-state index contributed by atoms with van der Waals surface area (Å²) in [5, 5.41) is 13.4. The molecule has 6 nitrogen and oxygen atoms in total. The maximum absolute atomic E-state index is 12.0. The molecule has 1 amide bonds. The van der Waals surface area contributed by atoms with Gasteiger partial charge in [0, 0.05) is 19.0 Å². The summed E-state index contributed by atoms with van der Waals surface area (Å²) >= 11 is 7.72. The predicted octanol–water partition coefficient (Wildman–Crippen LogP) is 3.43. The highest BCUT2D eigenvalue weighted by Crippen LogP contribution is 2.38. The Kier molecular flexibility index (Phi) is 4.02. The van der Waals surface area contributed by atoms with Crippen molar-refractivity contribution in [3.8, 4) is 6.07 Å². The van der Waals surface area contributed by atoms with Crippen LogP contribution in [0.15, 0.2) is 6.20 Å². The van der Waals surface area contributed by atoms with Gasteiger partial charge in [-0.15, -0.1) is 0 Å². The lowest BCUT2D eigenvalue weighted by Gasteiger charge is -2.28. The van der Waals surface area contributed by atoms with E-state index in [0.29, 0.717) is 22.9 Å². The molecular weight excluding hydrogens is 346 g/mol. The summed E-state index contributed by atoms with van der Waals surface area (Å²) < 4.78 is 0.797. The van der Waals surface area contributed by atoms with E-state index in [1.165, 1.54) is 17.5 Å². The Morgan fingerprint density at radius 1 is 1.46 bits per heavy atom. The zero-order valence-corrected chi connectivity index (χ0v) is 14.5. The zero-order valence-electron chi connectivity index (χ0n) is 13.0. The fourth-order valence-corrected chi connectivity index (χ4v) is 4.23. The lowest BCUT2D eigenvalue weighted by molar-refractivity contribution is -0.117. The average molecular weight is 362 g/mol. The third-order valence-corrected chi connectivity index (χ3v) is 5.83. The normalized spacial score (nSPS) is 20.8. The fraction of sp³-hybridized carbons (Fsp3) is 0.500. The molecule has 0 radical (unpaired) electrons. The van der Waals surface area contributed by atoms with Crippen LogP contribution in [0.2, 0.25) is 5.02 Å². The molecule has 8 heteroatoms. The number of hydrogen-bond acceptors (Lipinski definition) is 6. The Bertz CT molecular complexity index is 841. The molecule has 2 fully saturated rings. The molecule has 2 aliphatic rings. The van der Waals surface area contributed by atoms with Crippen LogP contribution in [-0.4, -0.2) is 29.0 Å². The topological polar surface area (TPSA) is 81.9 Å². The third kappa shape index (κ3) is 2.92. The van der Waals surface area contributed by atoms with E-state index in [4.69, 9.17) is 16.9 Å². The number of carbonyl (C=O) groups excluding carboxylic acids is 1. The molecule has 1 aliphatic carbocycles. The van der Waals surface area contributed by atoms with Crippen molar-refractivity contribution in [3.63, 3.8) is 0 Å². The summed E-state index contributed by atoms with van der Waals surface area (Å²) in [4.78, 5) is 23.1. The number of aromatic nitrogens is 2. The maximum atomic E-state index is 12.0. The van der Waals surface area contributed by atoms with Gasteiger partial charge in [-0.1, -0.05) is 22.9 Å². The van der Waals surface area contributed by atoms with Crippen LogP contribution in [-0.2, 0) is 4.79 Å². The van der Waals surface area contributed by atoms with E-state index in [2.05, 4.69) is 26.3 Å². The molecule has 1 aliphatic heterocycles. The van der Waals surface area contributed by atoms with Crippen molar-refractivity contribution in [1.29, 1.82) is 5.26 Å². The number of hydrogen-bond donors (Lipinski definition) is 1. The molecule has 3 heterocycles. The lowest BCUT2D eigenvalue weighted by Crippen LogP contribution is -2.34. The number of amides is 1. The number of anilines is 2. The molecule has 0 aromatic carbocycles. The van der Waals surface area contributed by atoms with Crippen LogP contribution in [0.25, 0.3) is 10.2 Å². The van der Waals surface area contributed by atoms with Crippen LogP contribution in [0.3, 0.4) is 0 Å². The van der Waals surface area contributed by atoms with Crippen molar-refractivity contribution in [2.24, 2.45) is 11.8 Å². The zero-order chi connectivity index (χ0) is 16.7. The highest BCUT2D eigenvalue weighted by Gasteiger charge is 2.31. The monoisotopic (exact) mass is 361 g/mol. The number of fused-ring (bicyclic) bond motifs is 1.